The number of phenols is 1. The topological polar surface area (TPSA) is 318 Å². The summed E-state index contributed by atoms with van der Waals surface area (Å²) in [6, 6.07) is -5.81. The Hall–Kier alpha value is -5.39. The second-order valence-corrected chi connectivity index (χ2v) is 17.8. The first kappa shape index (κ1) is 48.3. The fourth-order valence-electron chi connectivity index (χ4n) is 6.54. The second-order valence-electron chi connectivity index (χ2n) is 14.8. The Labute approximate surface area is 362 Å². The molecule has 2 aromatic rings. The third-order valence-corrected chi connectivity index (χ3v) is 12.3. The summed E-state index contributed by atoms with van der Waals surface area (Å²) in [6.45, 7) is 3.16. The number of benzene rings is 1. The number of hydrogen-bond donors (Lipinski definition) is 10. The lowest BCUT2D eigenvalue weighted by Gasteiger charge is -2.30. The Balaban J connectivity index is 1.73. The van der Waals surface area contributed by atoms with Crippen molar-refractivity contribution in [1.29, 1.82) is 0 Å². The number of H-pyrrole nitrogens is 1. The highest BCUT2D eigenvalue weighted by atomic mass is 35.5. The van der Waals surface area contributed by atoms with Crippen molar-refractivity contribution in [3.8, 4) is 5.75 Å². The molecule has 10 N–H and O–H groups in total. The van der Waals surface area contributed by atoms with Crippen LogP contribution >= 0.6 is 33.2 Å². The van der Waals surface area contributed by atoms with Crippen LogP contribution in [-0.2, 0) is 56.0 Å². The molecule has 7 amide bonds. The van der Waals surface area contributed by atoms with E-state index >= 15 is 0 Å². The zero-order chi connectivity index (χ0) is 44.8. The van der Waals surface area contributed by atoms with Gasteiger partial charge in [0.1, 0.15) is 48.3 Å². The van der Waals surface area contributed by atoms with Crippen molar-refractivity contribution in [3.05, 3.63) is 47.0 Å². The van der Waals surface area contributed by atoms with Crippen molar-refractivity contribution in [2.24, 2.45) is 5.92 Å². The predicted octanol–water partition coefficient (Wildman–Crippen LogP) is -1.83. The van der Waals surface area contributed by atoms with E-state index in [1.165, 1.54) is 30.7 Å². The van der Waals surface area contributed by atoms with Crippen LogP contribution in [0.2, 0.25) is 5.02 Å². The average molecular weight is 910 g/mol. The number of nitrogens with zero attached hydrogens (tertiary/aromatic N) is 2. The van der Waals surface area contributed by atoms with Gasteiger partial charge in [-0.25, -0.2) is 4.98 Å². The molecule has 61 heavy (non-hydrogen) atoms. The van der Waals surface area contributed by atoms with Gasteiger partial charge in [0.25, 0.3) is 0 Å². The quantitative estimate of drug-likeness (QED) is 0.0781. The molecule has 0 saturated carbocycles. The number of aromatic nitrogens is 2. The van der Waals surface area contributed by atoms with Gasteiger partial charge in [0.05, 0.1) is 29.9 Å². The molecule has 1 unspecified atom stereocenters. The minimum atomic E-state index is -1.82. The summed E-state index contributed by atoms with van der Waals surface area (Å²) < 4.78 is 0. The highest BCUT2D eigenvalue weighted by Gasteiger charge is 2.43. The maximum atomic E-state index is 14.0. The number of aromatic hydroxyl groups is 1. The number of nitrogens with one attached hydrogen (secondary N) is 7. The van der Waals surface area contributed by atoms with Gasteiger partial charge in [-0.05, 0) is 30.0 Å². The third kappa shape index (κ3) is 14.4. The molecule has 0 radical (unpaired) electrons. The van der Waals surface area contributed by atoms with Crippen LogP contribution in [0.4, 0.5) is 0 Å². The fraction of sp³-hybridized carbons (Fsp3) is 0.514. The summed E-state index contributed by atoms with van der Waals surface area (Å²) >= 11 is 6.10. The summed E-state index contributed by atoms with van der Waals surface area (Å²) in [5, 5.41) is 45.3. The van der Waals surface area contributed by atoms with E-state index in [4.69, 9.17) is 11.6 Å². The molecule has 3 heterocycles. The minimum Gasteiger partial charge on any atom is -0.506 e. The van der Waals surface area contributed by atoms with E-state index in [0.29, 0.717) is 17.5 Å². The van der Waals surface area contributed by atoms with Crippen LogP contribution in [0.15, 0.2) is 30.7 Å². The van der Waals surface area contributed by atoms with Gasteiger partial charge in [-0.3, -0.25) is 38.4 Å². The zero-order valence-corrected chi connectivity index (χ0v) is 35.4. The molecule has 2 aliphatic heterocycles. The molecule has 0 spiro atoms. The first-order valence-electron chi connectivity index (χ1n) is 19.1. The smallest absolute Gasteiger partial charge is 0.305 e. The van der Waals surface area contributed by atoms with Gasteiger partial charge < -0.3 is 61.9 Å². The van der Waals surface area contributed by atoms with Crippen molar-refractivity contribution in [2.45, 2.75) is 94.3 Å². The van der Waals surface area contributed by atoms with Gasteiger partial charge in [-0.2, -0.15) is 0 Å². The van der Waals surface area contributed by atoms with Crippen molar-refractivity contribution in [1.82, 2.24) is 46.8 Å². The van der Waals surface area contributed by atoms with E-state index in [1.807, 2.05) is 0 Å². The lowest BCUT2D eigenvalue weighted by Crippen LogP contribution is -2.60. The number of phenolic OH excluding ortho intramolecular Hbond substituents is 1. The number of carbonyl (C=O) groups is 9. The van der Waals surface area contributed by atoms with E-state index in [1.54, 1.807) is 13.8 Å². The first-order chi connectivity index (χ1) is 29.0. The summed E-state index contributed by atoms with van der Waals surface area (Å²) in [7, 11) is 2.05. The number of hydrogen-bond acceptors (Lipinski definition) is 14. The van der Waals surface area contributed by atoms with Gasteiger partial charge in [0, 0.05) is 49.2 Å². The monoisotopic (exact) mass is 909 g/mol. The van der Waals surface area contributed by atoms with Gasteiger partial charge in [0.2, 0.25) is 41.9 Å². The molecular formula is C37H48ClN9O12S2. The van der Waals surface area contributed by atoms with Crippen LogP contribution in [0, 0.1) is 5.92 Å². The van der Waals surface area contributed by atoms with Crippen LogP contribution in [0.5, 0.6) is 5.75 Å². The number of rotatable bonds is 13. The summed E-state index contributed by atoms with van der Waals surface area (Å²) in [4.78, 5) is 127. The molecular weight excluding hydrogens is 862 g/mol. The number of halogens is 1. The van der Waals surface area contributed by atoms with E-state index in [9.17, 15) is 58.5 Å². The number of aliphatic carboxylic acids is 1. The fourth-order valence-corrected chi connectivity index (χ4v) is 9.07. The summed E-state index contributed by atoms with van der Waals surface area (Å²) in [5.74, 6) is -7.77. The summed E-state index contributed by atoms with van der Waals surface area (Å²) in [6.07, 6.45) is 0.935. The number of carboxylic acids is 1. The first-order valence-corrected chi connectivity index (χ1v) is 21.9. The van der Waals surface area contributed by atoms with Crippen molar-refractivity contribution in [3.63, 3.8) is 0 Å². The SMILES string of the molecule is CC(C)C[C@@H]1NC(=O)[C@H](CC(=O)O)NC(=O)[C@H](Cc2ccc(O)c(Cl)c2)NC(=O)C2C[C@@H](O)CN2C(=O)[C@@H](NC=O)CSSC[C@@H](C(=O)N[C@H](C=O)Cc2cnc[nH]2)NC1=O. The standard InChI is InChI=1S/C37H48ClN9O12S2/c1-18(2)5-24-32(54)46-27(35(57)42-21(13-48)8-20-11-39-16-40-20)14-60-61-15-28(41-17-49)37(59)47-12-22(50)9-29(47)36(58)45-25(7-19-3-4-30(51)23(38)6-19)33(55)44-26(10-31(52)53)34(56)43-24/h3-4,6,11,13,16-18,21-22,24-29,50-51H,5,7-10,12,14-15H2,1-2H3,(H,39,40)(H,41,49)(H,42,57)(H,43,56)(H,44,55)(H,45,58)(H,46,54)(H,52,53)/t21-,22+,24-,25-,26-,27-,28-,29?/m0/s1. The third-order valence-electron chi connectivity index (χ3n) is 9.54. The van der Waals surface area contributed by atoms with Gasteiger partial charge in [-0.15, -0.1) is 0 Å². The number of carboxylic acid groups (broad SMARTS) is 1. The Kier molecular flexibility index (Phi) is 18.2. The molecule has 8 atom stereocenters. The summed E-state index contributed by atoms with van der Waals surface area (Å²) in [5.41, 5.74) is 0.846. The predicted molar refractivity (Wildman–Crippen MR) is 221 cm³/mol. The van der Waals surface area contributed by atoms with E-state index < -0.39 is 96.2 Å². The molecule has 1 aromatic carbocycles. The molecule has 332 valence electrons. The van der Waals surface area contributed by atoms with E-state index in [-0.39, 0.29) is 66.8 Å². The molecule has 1 aromatic heterocycles. The number of aliphatic hydroxyl groups excluding tert-OH is 1. The lowest BCUT2D eigenvalue weighted by molar-refractivity contribution is -0.142. The number of carbonyl (C=O) groups excluding carboxylic acids is 8. The van der Waals surface area contributed by atoms with E-state index in [0.717, 1.165) is 26.5 Å². The second kappa shape index (κ2) is 23.0. The molecule has 0 aliphatic carbocycles. The number of imidazole rings is 1. The van der Waals surface area contributed by atoms with Gasteiger partial charge >= 0.3 is 5.97 Å². The van der Waals surface area contributed by atoms with Crippen LogP contribution in [0.1, 0.15) is 44.4 Å². The number of fused-ring (bicyclic) bond motifs is 1. The molecule has 2 saturated heterocycles. The van der Waals surface area contributed by atoms with Gasteiger partial charge in [0.15, 0.2) is 0 Å². The van der Waals surface area contributed by atoms with Crippen LogP contribution < -0.4 is 31.9 Å². The van der Waals surface area contributed by atoms with Crippen molar-refractivity contribution < 1.29 is 58.5 Å². The Morgan fingerprint density at radius 1 is 0.984 bits per heavy atom. The number of aliphatic hydroxyl groups is 1. The van der Waals surface area contributed by atoms with Crippen molar-refractivity contribution in [2.75, 3.05) is 18.1 Å². The Morgan fingerprint density at radius 2 is 1.66 bits per heavy atom. The molecule has 2 fully saturated rings. The lowest BCUT2D eigenvalue weighted by atomic mass is 10.0. The molecule has 4 rings (SSSR count). The maximum absolute atomic E-state index is 14.0. The normalized spacial score (nSPS) is 25.2. The van der Waals surface area contributed by atoms with E-state index in [2.05, 4.69) is 41.9 Å². The van der Waals surface area contributed by atoms with Crippen LogP contribution in [0.3, 0.4) is 0 Å². The zero-order valence-electron chi connectivity index (χ0n) is 33.0. The molecule has 0 bridgehead atoms. The Bertz CT molecular complexity index is 1930. The van der Waals surface area contributed by atoms with Crippen LogP contribution in [-0.4, -0.2) is 151 Å². The highest BCUT2D eigenvalue weighted by Crippen LogP contribution is 2.27. The molecule has 24 heteroatoms. The number of amides is 7. The maximum Gasteiger partial charge on any atom is 0.305 e. The Morgan fingerprint density at radius 3 is 2.30 bits per heavy atom. The minimum absolute atomic E-state index is 0.0104. The number of aromatic amines is 1. The van der Waals surface area contributed by atoms with Crippen LogP contribution in [0.25, 0.3) is 0 Å². The largest absolute Gasteiger partial charge is 0.506 e. The van der Waals surface area contributed by atoms with Gasteiger partial charge in [-0.1, -0.05) is 53.1 Å². The molecule has 2 aliphatic rings. The molecule has 21 nitrogen and oxygen atoms in total. The number of aldehydes is 1. The highest BCUT2D eigenvalue weighted by molar-refractivity contribution is 8.76. The van der Waals surface area contributed by atoms with Crippen molar-refractivity contribution >= 4 is 87.3 Å². The average Bonchev–Trinajstić information content (AvgIpc) is 3.87.